The molecule has 0 radical (unpaired) electrons. The van der Waals surface area contributed by atoms with Crippen LogP contribution in [0.1, 0.15) is 15.4 Å². The van der Waals surface area contributed by atoms with E-state index in [-0.39, 0.29) is 10.8 Å². The predicted molar refractivity (Wildman–Crippen MR) is 122 cm³/mol. The van der Waals surface area contributed by atoms with Gasteiger partial charge in [0.1, 0.15) is 9.88 Å². The van der Waals surface area contributed by atoms with E-state index in [2.05, 4.69) is 10.3 Å². The molecule has 0 atom stereocenters. The number of anilines is 2. The van der Waals surface area contributed by atoms with Gasteiger partial charge in [-0.3, -0.25) is 4.79 Å². The molecular formula is C21H24N4O3S2. The lowest BCUT2D eigenvalue weighted by molar-refractivity contribution is 0.103. The van der Waals surface area contributed by atoms with Crippen molar-refractivity contribution in [1.82, 2.24) is 9.29 Å². The van der Waals surface area contributed by atoms with Crippen LogP contribution in [-0.4, -0.2) is 51.8 Å². The Kier molecular flexibility index (Phi) is 6.25. The Bertz CT molecular complexity index is 1170. The van der Waals surface area contributed by atoms with Gasteiger partial charge in [0, 0.05) is 33.8 Å². The van der Waals surface area contributed by atoms with E-state index in [9.17, 15) is 13.2 Å². The maximum atomic E-state index is 13.0. The number of hydrogen-bond donors (Lipinski definition) is 1. The summed E-state index contributed by atoms with van der Waals surface area (Å²) in [5, 5.41) is 3.63. The third-order valence-electron chi connectivity index (χ3n) is 4.50. The van der Waals surface area contributed by atoms with Gasteiger partial charge in [0.15, 0.2) is 0 Å². The summed E-state index contributed by atoms with van der Waals surface area (Å²) in [6.45, 7) is 1.79. The molecule has 0 spiro atoms. The lowest BCUT2D eigenvalue weighted by atomic mass is 10.2. The first-order valence-electron chi connectivity index (χ1n) is 9.19. The van der Waals surface area contributed by atoms with Gasteiger partial charge in [-0.1, -0.05) is 30.3 Å². The summed E-state index contributed by atoms with van der Waals surface area (Å²) in [5.74, 6) is -0.324. The van der Waals surface area contributed by atoms with E-state index in [4.69, 9.17) is 0 Å². The van der Waals surface area contributed by atoms with Crippen molar-refractivity contribution in [2.75, 3.05) is 38.4 Å². The van der Waals surface area contributed by atoms with Crippen molar-refractivity contribution >= 4 is 38.6 Å². The van der Waals surface area contributed by atoms with Crippen LogP contribution in [0.5, 0.6) is 0 Å². The summed E-state index contributed by atoms with van der Waals surface area (Å²) < 4.78 is 26.2. The number of nitrogens with one attached hydrogen (secondary N) is 1. The monoisotopic (exact) mass is 444 g/mol. The van der Waals surface area contributed by atoms with Crippen molar-refractivity contribution in [3.63, 3.8) is 0 Å². The van der Waals surface area contributed by atoms with Crippen molar-refractivity contribution in [2.24, 2.45) is 0 Å². The standard InChI is InChI=1S/C21H24N4O3S2/c1-14-19(29-21(22-14)15-9-7-6-8-10-15)20(26)23-17-13-16(30(27,28)25(4)5)11-12-18(17)24(2)3/h6-13H,1-5H3,(H,23,26). The Morgan fingerprint density at radius 3 is 2.30 bits per heavy atom. The normalized spacial score (nSPS) is 11.5. The van der Waals surface area contributed by atoms with Crippen LogP contribution >= 0.6 is 11.3 Å². The number of thiazole rings is 1. The van der Waals surface area contributed by atoms with Crippen molar-refractivity contribution < 1.29 is 13.2 Å². The molecule has 1 aromatic heterocycles. The molecule has 9 heteroatoms. The van der Waals surface area contributed by atoms with E-state index in [1.165, 1.54) is 37.6 Å². The van der Waals surface area contributed by atoms with E-state index < -0.39 is 10.0 Å². The molecule has 1 N–H and O–H groups in total. The van der Waals surface area contributed by atoms with Gasteiger partial charge in [0.2, 0.25) is 10.0 Å². The van der Waals surface area contributed by atoms with Gasteiger partial charge in [-0.15, -0.1) is 11.3 Å². The average Bonchev–Trinajstić information content (AvgIpc) is 3.10. The number of carbonyl (C=O) groups excluding carboxylic acids is 1. The zero-order valence-corrected chi connectivity index (χ0v) is 19.1. The molecule has 0 aliphatic heterocycles. The molecule has 1 heterocycles. The molecule has 0 bridgehead atoms. The molecule has 158 valence electrons. The highest BCUT2D eigenvalue weighted by Crippen LogP contribution is 2.32. The predicted octanol–water partition coefficient (Wildman–Crippen LogP) is 3.69. The number of amides is 1. The molecular weight excluding hydrogens is 420 g/mol. The number of carbonyl (C=O) groups is 1. The van der Waals surface area contributed by atoms with Gasteiger partial charge in [0.25, 0.3) is 5.91 Å². The average molecular weight is 445 g/mol. The molecule has 3 rings (SSSR count). The summed E-state index contributed by atoms with van der Waals surface area (Å²) in [6, 6.07) is 14.4. The minimum absolute atomic E-state index is 0.111. The van der Waals surface area contributed by atoms with Crippen LogP contribution in [0, 0.1) is 6.92 Å². The molecule has 0 saturated carbocycles. The number of hydrogen-bond acceptors (Lipinski definition) is 6. The van der Waals surface area contributed by atoms with E-state index in [1.54, 1.807) is 13.0 Å². The number of aryl methyl sites for hydroxylation is 1. The first kappa shape index (κ1) is 21.9. The Morgan fingerprint density at radius 2 is 1.70 bits per heavy atom. The molecule has 0 aliphatic rings. The molecule has 3 aromatic rings. The van der Waals surface area contributed by atoms with Crippen LogP contribution in [0.25, 0.3) is 10.6 Å². The van der Waals surface area contributed by atoms with Crippen molar-refractivity contribution in [1.29, 1.82) is 0 Å². The van der Waals surface area contributed by atoms with Crippen LogP contribution in [-0.2, 0) is 10.0 Å². The lowest BCUT2D eigenvalue weighted by Gasteiger charge is -2.20. The fourth-order valence-corrected chi connectivity index (χ4v) is 4.76. The highest BCUT2D eigenvalue weighted by Gasteiger charge is 2.22. The van der Waals surface area contributed by atoms with Crippen LogP contribution in [0.3, 0.4) is 0 Å². The number of rotatable bonds is 6. The summed E-state index contributed by atoms with van der Waals surface area (Å²) in [7, 11) is 2.97. The molecule has 0 fully saturated rings. The molecule has 1 amide bonds. The van der Waals surface area contributed by atoms with E-state index >= 15 is 0 Å². The topological polar surface area (TPSA) is 82.6 Å². The molecule has 0 saturated heterocycles. The molecule has 0 aliphatic carbocycles. The van der Waals surface area contributed by atoms with Gasteiger partial charge in [-0.05, 0) is 25.1 Å². The number of sulfonamides is 1. The van der Waals surface area contributed by atoms with Crippen molar-refractivity contribution in [3.05, 3.63) is 59.1 Å². The second-order valence-electron chi connectivity index (χ2n) is 7.11. The third-order valence-corrected chi connectivity index (χ3v) is 7.52. The summed E-state index contributed by atoms with van der Waals surface area (Å²) in [5.41, 5.74) is 2.69. The second kappa shape index (κ2) is 8.55. The number of benzene rings is 2. The quantitative estimate of drug-likeness (QED) is 0.627. The van der Waals surface area contributed by atoms with Gasteiger partial charge >= 0.3 is 0 Å². The Balaban J connectivity index is 1.97. The van der Waals surface area contributed by atoms with Gasteiger partial charge in [-0.25, -0.2) is 17.7 Å². The second-order valence-corrected chi connectivity index (χ2v) is 10.3. The van der Waals surface area contributed by atoms with Crippen LogP contribution < -0.4 is 10.2 Å². The first-order chi connectivity index (χ1) is 14.1. The van der Waals surface area contributed by atoms with Crippen LogP contribution in [0.2, 0.25) is 0 Å². The minimum atomic E-state index is -3.63. The van der Waals surface area contributed by atoms with Gasteiger partial charge in [0.05, 0.1) is 22.0 Å². The maximum Gasteiger partial charge on any atom is 0.267 e. The highest BCUT2D eigenvalue weighted by molar-refractivity contribution is 7.89. The zero-order valence-electron chi connectivity index (χ0n) is 17.5. The van der Waals surface area contributed by atoms with Crippen molar-refractivity contribution in [3.8, 4) is 10.6 Å². The summed E-state index contributed by atoms with van der Waals surface area (Å²) in [4.78, 5) is 20.0. The van der Waals surface area contributed by atoms with E-state index in [0.29, 0.717) is 21.9 Å². The highest BCUT2D eigenvalue weighted by atomic mass is 32.2. The summed E-state index contributed by atoms with van der Waals surface area (Å²) in [6.07, 6.45) is 0. The number of nitrogens with zero attached hydrogens (tertiary/aromatic N) is 3. The Hall–Kier alpha value is -2.75. The maximum absolute atomic E-state index is 13.0. The van der Waals surface area contributed by atoms with E-state index in [0.717, 1.165) is 14.9 Å². The number of aromatic nitrogens is 1. The lowest BCUT2D eigenvalue weighted by Crippen LogP contribution is -2.23. The Labute approximate surface area is 181 Å². The summed E-state index contributed by atoms with van der Waals surface area (Å²) >= 11 is 1.31. The minimum Gasteiger partial charge on any atom is -0.376 e. The Morgan fingerprint density at radius 1 is 1.03 bits per heavy atom. The fourth-order valence-electron chi connectivity index (χ4n) is 2.87. The molecule has 7 nitrogen and oxygen atoms in total. The third kappa shape index (κ3) is 4.38. The largest absolute Gasteiger partial charge is 0.376 e. The molecule has 30 heavy (non-hydrogen) atoms. The van der Waals surface area contributed by atoms with Crippen LogP contribution in [0.15, 0.2) is 53.4 Å². The van der Waals surface area contributed by atoms with Crippen molar-refractivity contribution in [2.45, 2.75) is 11.8 Å². The first-order valence-corrected chi connectivity index (χ1v) is 11.4. The van der Waals surface area contributed by atoms with Crippen LogP contribution in [0.4, 0.5) is 11.4 Å². The fraction of sp³-hybridized carbons (Fsp3) is 0.238. The molecule has 2 aromatic carbocycles. The smallest absolute Gasteiger partial charge is 0.267 e. The van der Waals surface area contributed by atoms with Gasteiger partial charge < -0.3 is 10.2 Å². The van der Waals surface area contributed by atoms with Gasteiger partial charge in [-0.2, -0.15) is 0 Å². The SMILES string of the molecule is Cc1nc(-c2ccccc2)sc1C(=O)Nc1cc(S(=O)(=O)N(C)C)ccc1N(C)C. The van der Waals surface area contributed by atoms with E-state index in [1.807, 2.05) is 49.3 Å². The molecule has 0 unspecified atom stereocenters. The zero-order chi connectivity index (χ0) is 22.1.